The van der Waals surface area contributed by atoms with Gasteiger partial charge in [0, 0.05) is 24.4 Å². The van der Waals surface area contributed by atoms with Crippen LogP contribution in [0.15, 0.2) is 29.2 Å². The van der Waals surface area contributed by atoms with Crippen LogP contribution in [-0.2, 0) is 20.2 Å². The molecule has 2 aromatic carbocycles. The van der Waals surface area contributed by atoms with Crippen LogP contribution in [0.25, 0.3) is 10.8 Å². The zero-order chi connectivity index (χ0) is 15.7. The molecule has 0 aliphatic rings. The molecule has 0 aliphatic heterocycles. The van der Waals surface area contributed by atoms with Crippen LogP contribution in [0.3, 0.4) is 0 Å². The van der Waals surface area contributed by atoms with E-state index < -0.39 is 26.0 Å². The van der Waals surface area contributed by atoms with Gasteiger partial charge in [0.15, 0.2) is 0 Å². The number of hydrogen-bond acceptors (Lipinski definition) is 5. The molecule has 0 aromatic heterocycles. The Morgan fingerprint density at radius 1 is 1.05 bits per heavy atom. The fourth-order valence-electron chi connectivity index (χ4n) is 1.67. The summed E-state index contributed by atoms with van der Waals surface area (Å²) in [6.07, 6.45) is 0. The molecule has 112 valence electrons. The van der Waals surface area contributed by atoms with Crippen molar-refractivity contribution in [1.29, 1.82) is 0 Å². The van der Waals surface area contributed by atoms with Gasteiger partial charge in [-0.1, -0.05) is 6.07 Å². The van der Waals surface area contributed by atoms with Crippen LogP contribution < -0.4 is 5.32 Å². The van der Waals surface area contributed by atoms with E-state index in [-0.39, 0.29) is 11.4 Å². The maximum absolute atomic E-state index is 11.0. The van der Waals surface area contributed by atoms with E-state index in [9.17, 15) is 16.8 Å². The maximum Gasteiger partial charge on any atom is 0.295 e. The minimum Gasteiger partial charge on any atom is -0.384 e. The number of benzene rings is 2. The third-order valence-corrected chi connectivity index (χ3v) is 4.12. The number of hydrogen-bond donors (Lipinski definition) is 3. The van der Waals surface area contributed by atoms with Gasteiger partial charge in [0.1, 0.15) is 4.90 Å². The molecule has 0 atom stereocenters. The maximum atomic E-state index is 11.0. The SMILES string of the molecule is O=S(=O)(O)CCNc1ccc2cc(S(=O)(=O)O)[c][c]c2c1. The number of fused-ring (bicyclic) bond motifs is 1. The van der Waals surface area contributed by atoms with Crippen LogP contribution >= 0.6 is 0 Å². The standard InChI is InChI=1S/C12H11NO6S2/c14-20(15,16)6-5-13-11-3-1-10-8-12(21(17,18)19)4-2-9(10)7-11/h1,3,7-8,13H,5-6H2,(H,14,15,16)(H,17,18,19). The molecule has 0 amide bonds. The normalized spacial score (nSPS) is 12.5. The van der Waals surface area contributed by atoms with Gasteiger partial charge in [0.2, 0.25) is 0 Å². The highest BCUT2D eigenvalue weighted by atomic mass is 32.2. The van der Waals surface area contributed by atoms with Crippen LogP contribution in [0.5, 0.6) is 0 Å². The van der Waals surface area contributed by atoms with E-state index in [2.05, 4.69) is 17.4 Å². The predicted molar refractivity (Wildman–Crippen MR) is 76.3 cm³/mol. The van der Waals surface area contributed by atoms with E-state index in [1.165, 1.54) is 6.07 Å². The molecule has 0 heterocycles. The monoisotopic (exact) mass is 329 g/mol. The highest BCUT2D eigenvalue weighted by Gasteiger charge is 2.10. The first-order valence-corrected chi connectivity index (χ1v) is 8.74. The van der Waals surface area contributed by atoms with Gasteiger partial charge in [0.25, 0.3) is 20.2 Å². The summed E-state index contributed by atoms with van der Waals surface area (Å²) in [4.78, 5) is -0.373. The summed E-state index contributed by atoms with van der Waals surface area (Å²) in [6.45, 7) is 0.0250. The van der Waals surface area contributed by atoms with Gasteiger partial charge in [-0.3, -0.25) is 9.11 Å². The van der Waals surface area contributed by atoms with Gasteiger partial charge in [-0.2, -0.15) is 16.8 Å². The molecule has 0 spiro atoms. The summed E-state index contributed by atoms with van der Waals surface area (Å²) < 4.78 is 60.7. The second kappa shape index (κ2) is 5.60. The van der Waals surface area contributed by atoms with Crippen LogP contribution in [0.2, 0.25) is 0 Å². The predicted octanol–water partition coefficient (Wildman–Crippen LogP) is 0.987. The van der Waals surface area contributed by atoms with Crippen molar-refractivity contribution in [3.8, 4) is 0 Å². The average Bonchev–Trinajstić information content (AvgIpc) is 2.35. The molecular weight excluding hydrogens is 318 g/mol. The van der Waals surface area contributed by atoms with Gasteiger partial charge in [0.05, 0.1) is 5.75 Å². The first-order chi connectivity index (χ1) is 9.65. The lowest BCUT2D eigenvalue weighted by atomic mass is 10.1. The highest BCUT2D eigenvalue weighted by molar-refractivity contribution is 7.86. The topological polar surface area (TPSA) is 121 Å². The zero-order valence-corrected chi connectivity index (χ0v) is 12.2. The van der Waals surface area contributed by atoms with Gasteiger partial charge >= 0.3 is 0 Å². The molecule has 0 bridgehead atoms. The molecule has 21 heavy (non-hydrogen) atoms. The molecule has 2 aromatic rings. The quantitative estimate of drug-likeness (QED) is 0.699. The molecule has 2 rings (SSSR count). The zero-order valence-electron chi connectivity index (χ0n) is 10.6. The number of nitrogens with one attached hydrogen (secondary N) is 1. The Labute approximate surface area is 122 Å². The van der Waals surface area contributed by atoms with Crippen molar-refractivity contribution in [2.45, 2.75) is 4.90 Å². The van der Waals surface area contributed by atoms with E-state index in [1.54, 1.807) is 18.2 Å². The molecule has 0 unspecified atom stereocenters. The molecule has 0 fully saturated rings. The second-order valence-corrected chi connectivity index (χ2v) is 7.21. The van der Waals surface area contributed by atoms with Gasteiger partial charge < -0.3 is 5.32 Å². The summed E-state index contributed by atoms with van der Waals surface area (Å²) in [5, 5.41) is 3.87. The fourth-order valence-corrected chi connectivity index (χ4v) is 2.49. The van der Waals surface area contributed by atoms with E-state index in [1.807, 2.05) is 0 Å². The number of rotatable bonds is 5. The van der Waals surface area contributed by atoms with Crippen molar-refractivity contribution in [3.63, 3.8) is 0 Å². The lowest BCUT2D eigenvalue weighted by Gasteiger charge is -2.07. The Kier molecular flexibility index (Phi) is 4.19. The van der Waals surface area contributed by atoms with E-state index >= 15 is 0 Å². The number of anilines is 1. The Bertz CT molecular complexity index is 874. The van der Waals surface area contributed by atoms with E-state index in [0.717, 1.165) is 0 Å². The first-order valence-electron chi connectivity index (χ1n) is 5.69. The highest BCUT2D eigenvalue weighted by Crippen LogP contribution is 2.21. The third-order valence-electron chi connectivity index (χ3n) is 2.63. The lowest BCUT2D eigenvalue weighted by Crippen LogP contribution is -2.14. The van der Waals surface area contributed by atoms with Crippen molar-refractivity contribution in [1.82, 2.24) is 0 Å². The Morgan fingerprint density at radius 2 is 1.76 bits per heavy atom. The summed E-state index contributed by atoms with van der Waals surface area (Å²) >= 11 is 0. The molecule has 0 saturated carbocycles. The lowest BCUT2D eigenvalue weighted by molar-refractivity contribution is 0.481. The Balaban J connectivity index is 2.23. The van der Waals surface area contributed by atoms with Gasteiger partial charge in [-0.05, 0) is 29.0 Å². The van der Waals surface area contributed by atoms with Gasteiger partial charge in [-0.15, -0.1) is 0 Å². The molecule has 9 heteroatoms. The average molecular weight is 329 g/mol. The summed E-state index contributed by atoms with van der Waals surface area (Å²) in [6, 6.07) is 11.0. The van der Waals surface area contributed by atoms with Crippen molar-refractivity contribution in [3.05, 3.63) is 36.4 Å². The Morgan fingerprint density at radius 3 is 2.38 bits per heavy atom. The van der Waals surface area contributed by atoms with Crippen molar-refractivity contribution in [2.24, 2.45) is 0 Å². The van der Waals surface area contributed by atoms with Crippen LogP contribution in [-0.4, -0.2) is 38.2 Å². The fraction of sp³-hybridized carbons (Fsp3) is 0.167. The third kappa shape index (κ3) is 4.39. The van der Waals surface area contributed by atoms with Gasteiger partial charge in [-0.25, -0.2) is 0 Å². The van der Waals surface area contributed by atoms with E-state index in [0.29, 0.717) is 16.5 Å². The molecule has 0 aliphatic carbocycles. The summed E-state index contributed by atoms with van der Waals surface area (Å²) in [5.74, 6) is -0.428. The second-order valence-electron chi connectivity index (χ2n) is 4.25. The first kappa shape index (κ1) is 15.7. The largest absolute Gasteiger partial charge is 0.384 e. The van der Waals surface area contributed by atoms with Crippen molar-refractivity contribution < 1.29 is 25.9 Å². The summed E-state index contributed by atoms with van der Waals surface area (Å²) in [7, 11) is -8.36. The molecule has 3 N–H and O–H groups in total. The molecule has 2 radical (unpaired) electrons. The van der Waals surface area contributed by atoms with Crippen LogP contribution in [0.4, 0.5) is 5.69 Å². The minimum atomic E-state index is -4.33. The van der Waals surface area contributed by atoms with E-state index in [4.69, 9.17) is 9.11 Å². The molecular formula is C12H11NO6S2. The van der Waals surface area contributed by atoms with Crippen molar-refractivity contribution >= 4 is 36.7 Å². The van der Waals surface area contributed by atoms with Crippen LogP contribution in [0.1, 0.15) is 0 Å². The molecule has 7 nitrogen and oxygen atoms in total. The molecule has 0 saturated heterocycles. The summed E-state index contributed by atoms with van der Waals surface area (Å²) in [5.41, 5.74) is 0.579. The Hall–Kier alpha value is -1.68. The van der Waals surface area contributed by atoms with Crippen molar-refractivity contribution in [2.75, 3.05) is 17.6 Å². The minimum absolute atomic E-state index is 0.0250. The smallest absolute Gasteiger partial charge is 0.295 e. The van der Waals surface area contributed by atoms with Crippen LogP contribution in [0, 0.1) is 12.1 Å².